The van der Waals surface area contributed by atoms with Crippen molar-refractivity contribution in [2.45, 2.75) is 30.2 Å². The molecule has 30 heavy (non-hydrogen) atoms. The molecule has 0 unspecified atom stereocenters. The molecule has 158 valence electrons. The molecule has 0 aliphatic carbocycles. The maximum absolute atomic E-state index is 13.0. The van der Waals surface area contributed by atoms with Crippen molar-refractivity contribution in [2.75, 3.05) is 11.4 Å². The molecule has 0 aliphatic rings. The normalized spacial score (nSPS) is 12.0. The zero-order valence-electron chi connectivity index (χ0n) is 16.9. The Morgan fingerprint density at radius 2 is 1.63 bits per heavy atom. The third-order valence-corrected chi connectivity index (χ3v) is 8.04. The van der Waals surface area contributed by atoms with Gasteiger partial charge >= 0.3 is 0 Å². The van der Waals surface area contributed by atoms with Gasteiger partial charge in [0, 0.05) is 26.0 Å². The van der Waals surface area contributed by atoms with Gasteiger partial charge in [0.25, 0.3) is 10.0 Å². The summed E-state index contributed by atoms with van der Waals surface area (Å²) in [6, 6.07) is 14.6. The molecule has 0 bridgehead atoms. The zero-order valence-corrected chi connectivity index (χ0v) is 18.5. The van der Waals surface area contributed by atoms with Crippen LogP contribution in [-0.2, 0) is 26.6 Å². The van der Waals surface area contributed by atoms with Gasteiger partial charge in [-0.25, -0.2) is 21.6 Å². The van der Waals surface area contributed by atoms with Crippen molar-refractivity contribution in [1.29, 1.82) is 0 Å². The van der Waals surface area contributed by atoms with Crippen LogP contribution in [0.25, 0.3) is 0 Å². The van der Waals surface area contributed by atoms with Crippen LogP contribution in [-0.4, -0.2) is 28.9 Å². The molecule has 0 atom stereocenters. The third kappa shape index (κ3) is 4.53. The smallest absolute Gasteiger partial charge is 0.264 e. The lowest BCUT2D eigenvalue weighted by atomic mass is 10.1. The number of aromatic nitrogens is 1. The van der Waals surface area contributed by atoms with E-state index in [1.165, 1.54) is 25.2 Å². The number of rotatable bonds is 7. The molecule has 0 spiro atoms. The number of sulfonamides is 2. The van der Waals surface area contributed by atoms with E-state index in [-0.39, 0.29) is 16.3 Å². The fourth-order valence-electron chi connectivity index (χ4n) is 3.09. The summed E-state index contributed by atoms with van der Waals surface area (Å²) in [4.78, 5) is 4.13. The number of hydrogen-bond donors (Lipinski definition) is 1. The van der Waals surface area contributed by atoms with Crippen LogP contribution >= 0.6 is 0 Å². The molecule has 0 saturated heterocycles. The molecule has 0 saturated carbocycles. The van der Waals surface area contributed by atoms with Crippen LogP contribution in [0.15, 0.2) is 76.8 Å². The molecule has 7 nitrogen and oxygen atoms in total. The first-order valence-corrected chi connectivity index (χ1v) is 12.1. The molecular formula is C21H23N3O4S2. The largest absolute Gasteiger partial charge is 0.269 e. The van der Waals surface area contributed by atoms with Crippen LogP contribution in [0.5, 0.6) is 0 Å². The molecule has 3 aromatic rings. The second kappa shape index (κ2) is 8.55. The lowest BCUT2D eigenvalue weighted by molar-refractivity contribution is 0.580. The van der Waals surface area contributed by atoms with Gasteiger partial charge in [-0.2, -0.15) is 0 Å². The monoisotopic (exact) mass is 445 g/mol. The predicted molar refractivity (Wildman–Crippen MR) is 116 cm³/mol. The summed E-state index contributed by atoms with van der Waals surface area (Å²) in [5.41, 5.74) is 2.20. The maximum Gasteiger partial charge on any atom is 0.264 e. The highest BCUT2D eigenvalue weighted by Gasteiger charge is 2.25. The van der Waals surface area contributed by atoms with Crippen LogP contribution in [0.3, 0.4) is 0 Å². The van der Waals surface area contributed by atoms with Crippen molar-refractivity contribution >= 4 is 25.7 Å². The number of nitrogens with one attached hydrogen (secondary N) is 1. The van der Waals surface area contributed by atoms with E-state index in [0.717, 1.165) is 9.87 Å². The van der Waals surface area contributed by atoms with Crippen LogP contribution < -0.4 is 9.03 Å². The van der Waals surface area contributed by atoms with Crippen LogP contribution in [0.2, 0.25) is 0 Å². The first-order chi connectivity index (χ1) is 14.1. The molecule has 3 rings (SSSR count). The van der Waals surface area contributed by atoms with Gasteiger partial charge in [0.1, 0.15) is 0 Å². The number of benzene rings is 2. The third-order valence-electron chi connectivity index (χ3n) is 4.71. The second-order valence-corrected chi connectivity index (χ2v) is 10.6. The van der Waals surface area contributed by atoms with Gasteiger partial charge in [-0.3, -0.25) is 9.29 Å². The van der Waals surface area contributed by atoms with E-state index in [0.29, 0.717) is 16.8 Å². The van der Waals surface area contributed by atoms with Gasteiger partial charge in [-0.15, -0.1) is 0 Å². The Kier molecular flexibility index (Phi) is 6.25. The Bertz CT molecular complexity index is 1240. The minimum Gasteiger partial charge on any atom is -0.269 e. The van der Waals surface area contributed by atoms with Gasteiger partial charge < -0.3 is 0 Å². The van der Waals surface area contributed by atoms with E-state index in [1.54, 1.807) is 62.6 Å². The lowest BCUT2D eigenvalue weighted by Crippen LogP contribution is -2.28. The summed E-state index contributed by atoms with van der Waals surface area (Å²) in [7, 11) is -6.29. The van der Waals surface area contributed by atoms with Gasteiger partial charge in [-0.05, 0) is 54.8 Å². The molecule has 0 amide bonds. The number of hydrogen-bond acceptors (Lipinski definition) is 5. The van der Waals surface area contributed by atoms with Crippen LogP contribution in [0.4, 0.5) is 5.69 Å². The van der Waals surface area contributed by atoms with E-state index in [1.807, 2.05) is 0 Å². The highest BCUT2D eigenvalue weighted by Crippen LogP contribution is 2.30. The molecule has 1 heterocycles. The standard InChI is InChI=1S/C21H23N3O4S2/c1-16-12-17(2)21(29(25,26)23-15-18-8-7-11-22-14-18)13-20(16)24(3)30(27,28)19-9-5-4-6-10-19/h4-14,23H,15H2,1-3H3. The quantitative estimate of drug-likeness (QED) is 0.603. The van der Waals surface area contributed by atoms with E-state index in [9.17, 15) is 16.8 Å². The molecule has 0 fully saturated rings. The Hall–Kier alpha value is -2.75. The summed E-state index contributed by atoms with van der Waals surface area (Å²) >= 11 is 0. The molecule has 9 heteroatoms. The maximum atomic E-state index is 13.0. The molecule has 1 aromatic heterocycles. The Labute approximate surface area is 177 Å². The lowest BCUT2D eigenvalue weighted by Gasteiger charge is -2.23. The topological polar surface area (TPSA) is 96.4 Å². The molecular weight excluding hydrogens is 422 g/mol. The fourth-order valence-corrected chi connectivity index (χ4v) is 5.62. The summed E-state index contributed by atoms with van der Waals surface area (Å²) in [6.45, 7) is 3.51. The summed E-state index contributed by atoms with van der Waals surface area (Å²) in [5, 5.41) is 0. The van der Waals surface area contributed by atoms with Crippen molar-refractivity contribution in [3.05, 3.63) is 83.7 Å². The van der Waals surface area contributed by atoms with Crippen molar-refractivity contribution in [1.82, 2.24) is 9.71 Å². The summed E-state index contributed by atoms with van der Waals surface area (Å²) in [6.07, 6.45) is 3.19. The van der Waals surface area contributed by atoms with Crippen LogP contribution in [0.1, 0.15) is 16.7 Å². The zero-order chi connectivity index (χ0) is 21.9. The molecule has 1 N–H and O–H groups in total. The van der Waals surface area contributed by atoms with Crippen molar-refractivity contribution in [3.8, 4) is 0 Å². The van der Waals surface area contributed by atoms with Gasteiger partial charge in [0.05, 0.1) is 15.5 Å². The number of aryl methyl sites for hydroxylation is 2. The number of pyridine rings is 1. The minimum absolute atomic E-state index is 0.0297. The van der Waals surface area contributed by atoms with E-state index >= 15 is 0 Å². The average molecular weight is 446 g/mol. The molecule has 2 aromatic carbocycles. The summed E-state index contributed by atoms with van der Waals surface area (Å²) in [5.74, 6) is 0. The highest BCUT2D eigenvalue weighted by atomic mass is 32.2. The van der Waals surface area contributed by atoms with Crippen molar-refractivity contribution in [2.24, 2.45) is 0 Å². The highest BCUT2D eigenvalue weighted by molar-refractivity contribution is 7.92. The van der Waals surface area contributed by atoms with Crippen LogP contribution in [0, 0.1) is 13.8 Å². The van der Waals surface area contributed by atoms with E-state index < -0.39 is 20.0 Å². The average Bonchev–Trinajstić information content (AvgIpc) is 2.73. The van der Waals surface area contributed by atoms with E-state index in [2.05, 4.69) is 9.71 Å². The van der Waals surface area contributed by atoms with Crippen molar-refractivity contribution in [3.63, 3.8) is 0 Å². The number of anilines is 1. The second-order valence-electron chi connectivity index (χ2n) is 6.88. The fraction of sp³-hybridized carbons (Fsp3) is 0.190. The van der Waals surface area contributed by atoms with E-state index in [4.69, 9.17) is 0 Å². The Morgan fingerprint density at radius 3 is 2.27 bits per heavy atom. The molecule has 0 radical (unpaired) electrons. The first kappa shape index (κ1) is 21.9. The minimum atomic E-state index is -3.87. The summed E-state index contributed by atoms with van der Waals surface area (Å²) < 4.78 is 55.5. The molecule has 0 aliphatic heterocycles. The Balaban J connectivity index is 1.97. The van der Waals surface area contributed by atoms with Crippen molar-refractivity contribution < 1.29 is 16.8 Å². The SMILES string of the molecule is Cc1cc(C)c(S(=O)(=O)NCc2cccnc2)cc1N(C)S(=O)(=O)c1ccccc1. The van der Waals surface area contributed by atoms with Gasteiger partial charge in [0.15, 0.2) is 0 Å². The number of nitrogens with zero attached hydrogens (tertiary/aromatic N) is 2. The van der Waals surface area contributed by atoms with Gasteiger partial charge in [0.2, 0.25) is 10.0 Å². The van der Waals surface area contributed by atoms with Gasteiger partial charge in [-0.1, -0.05) is 30.3 Å². The Morgan fingerprint density at radius 1 is 0.933 bits per heavy atom. The first-order valence-electron chi connectivity index (χ1n) is 9.17. The predicted octanol–water partition coefficient (Wildman–Crippen LogP) is 3.00.